The highest BCUT2D eigenvalue weighted by Crippen LogP contribution is 1.97. The molecule has 1 aromatic heterocycles. The lowest BCUT2D eigenvalue weighted by atomic mass is 10.4. The third-order valence-electron chi connectivity index (χ3n) is 0.887. The van der Waals surface area contributed by atoms with Crippen LogP contribution in [0.1, 0.15) is 5.76 Å². The molecule has 0 saturated carbocycles. The molecule has 0 unspecified atom stereocenters. The normalized spacial score (nSPS) is 9.44. The van der Waals surface area contributed by atoms with Gasteiger partial charge in [0.25, 0.3) is 0 Å². The molecule has 48 valence electrons. The Balaban J connectivity index is 3.08. The molecule has 0 atom stereocenters. The van der Waals surface area contributed by atoms with Crippen LogP contribution in [0.4, 0.5) is 0 Å². The van der Waals surface area contributed by atoms with Crippen molar-refractivity contribution in [2.45, 2.75) is 5.88 Å². The van der Waals surface area contributed by atoms with Crippen LogP contribution in [-0.4, -0.2) is 0 Å². The van der Waals surface area contributed by atoms with Crippen LogP contribution in [0.25, 0.3) is 0 Å². The van der Waals surface area contributed by atoms with Gasteiger partial charge in [0.15, 0.2) is 5.43 Å². The van der Waals surface area contributed by atoms with Gasteiger partial charge in [-0.15, -0.1) is 11.6 Å². The van der Waals surface area contributed by atoms with E-state index >= 15 is 0 Å². The quantitative estimate of drug-likeness (QED) is 0.558. The number of hydrogen-bond donors (Lipinski definition) is 0. The first-order valence-electron chi connectivity index (χ1n) is 2.46. The fourth-order valence-electron chi connectivity index (χ4n) is 0.499. The van der Waals surface area contributed by atoms with Gasteiger partial charge in [-0.3, -0.25) is 4.79 Å². The van der Waals surface area contributed by atoms with Gasteiger partial charge in [0, 0.05) is 12.1 Å². The first kappa shape index (κ1) is 6.36. The van der Waals surface area contributed by atoms with Crippen LogP contribution in [0, 0.1) is 0 Å². The van der Waals surface area contributed by atoms with Gasteiger partial charge in [-0.25, -0.2) is 0 Å². The van der Waals surface area contributed by atoms with Crippen LogP contribution in [0.5, 0.6) is 0 Å². The predicted octanol–water partition coefficient (Wildman–Crippen LogP) is 1.38. The zero-order chi connectivity index (χ0) is 6.69. The van der Waals surface area contributed by atoms with Gasteiger partial charge in [0.1, 0.15) is 5.76 Å². The molecular weight excluding hydrogens is 140 g/mol. The Kier molecular flexibility index (Phi) is 1.90. The molecule has 0 aliphatic carbocycles. The van der Waals surface area contributed by atoms with E-state index in [1.54, 1.807) is 0 Å². The lowest BCUT2D eigenvalue weighted by molar-refractivity contribution is 0.510. The Morgan fingerprint density at radius 1 is 1.67 bits per heavy atom. The number of rotatable bonds is 1. The standard InChI is InChI=1S/C6H5ClO2/c7-4-6-3-5(8)1-2-9-6/h1-3H,4H2. The molecule has 1 heterocycles. The van der Waals surface area contributed by atoms with Crippen LogP contribution < -0.4 is 5.43 Å². The summed E-state index contributed by atoms with van der Waals surface area (Å²) in [7, 11) is 0. The van der Waals surface area contributed by atoms with Crippen molar-refractivity contribution >= 4 is 11.6 Å². The Morgan fingerprint density at radius 3 is 2.89 bits per heavy atom. The van der Waals surface area contributed by atoms with Gasteiger partial charge in [0.05, 0.1) is 12.1 Å². The SMILES string of the molecule is O=c1ccoc(CCl)c1. The first-order chi connectivity index (χ1) is 4.33. The first-order valence-corrected chi connectivity index (χ1v) is 3.00. The molecule has 0 bridgehead atoms. The predicted molar refractivity (Wildman–Crippen MR) is 34.5 cm³/mol. The van der Waals surface area contributed by atoms with Gasteiger partial charge in [0.2, 0.25) is 0 Å². The summed E-state index contributed by atoms with van der Waals surface area (Å²) in [6.45, 7) is 0. The summed E-state index contributed by atoms with van der Waals surface area (Å²) >= 11 is 5.37. The monoisotopic (exact) mass is 144 g/mol. The van der Waals surface area contributed by atoms with Gasteiger partial charge >= 0.3 is 0 Å². The second-order valence-corrected chi connectivity index (χ2v) is 1.83. The topological polar surface area (TPSA) is 30.2 Å². The molecule has 0 aliphatic rings. The summed E-state index contributed by atoms with van der Waals surface area (Å²) < 4.78 is 4.83. The summed E-state index contributed by atoms with van der Waals surface area (Å²) in [6.07, 6.45) is 1.33. The highest BCUT2D eigenvalue weighted by Gasteiger charge is 1.90. The van der Waals surface area contributed by atoms with Crippen LogP contribution in [0.2, 0.25) is 0 Å². The molecule has 0 amide bonds. The Morgan fingerprint density at radius 2 is 2.44 bits per heavy atom. The van der Waals surface area contributed by atoms with E-state index in [2.05, 4.69) is 0 Å². The van der Waals surface area contributed by atoms with Crippen molar-refractivity contribution < 1.29 is 4.42 Å². The van der Waals surface area contributed by atoms with Crippen molar-refractivity contribution in [1.29, 1.82) is 0 Å². The second kappa shape index (κ2) is 2.69. The van der Waals surface area contributed by atoms with Crippen molar-refractivity contribution in [1.82, 2.24) is 0 Å². The van der Waals surface area contributed by atoms with Gasteiger partial charge < -0.3 is 4.42 Å². The lowest BCUT2D eigenvalue weighted by Gasteiger charge is -1.88. The highest BCUT2D eigenvalue weighted by atomic mass is 35.5. The minimum absolute atomic E-state index is 0.0723. The molecule has 1 aromatic rings. The number of hydrogen-bond acceptors (Lipinski definition) is 2. The zero-order valence-electron chi connectivity index (χ0n) is 4.63. The maximum Gasteiger partial charge on any atom is 0.185 e. The van der Waals surface area contributed by atoms with Crippen LogP contribution >= 0.6 is 11.6 Å². The second-order valence-electron chi connectivity index (χ2n) is 1.57. The van der Waals surface area contributed by atoms with E-state index in [1.165, 1.54) is 18.4 Å². The van der Waals surface area contributed by atoms with Gasteiger partial charge in [-0.2, -0.15) is 0 Å². The van der Waals surface area contributed by atoms with Crippen molar-refractivity contribution in [2.75, 3.05) is 0 Å². The smallest absolute Gasteiger partial charge is 0.185 e. The maximum absolute atomic E-state index is 10.5. The van der Waals surface area contributed by atoms with E-state index < -0.39 is 0 Å². The summed E-state index contributed by atoms with van der Waals surface area (Å²) in [5, 5.41) is 0. The maximum atomic E-state index is 10.5. The van der Waals surface area contributed by atoms with Crippen LogP contribution in [0.15, 0.2) is 27.6 Å². The minimum atomic E-state index is -0.0723. The molecule has 0 spiro atoms. The van der Waals surface area contributed by atoms with E-state index in [4.69, 9.17) is 16.0 Å². The highest BCUT2D eigenvalue weighted by molar-refractivity contribution is 6.16. The molecule has 3 heteroatoms. The average molecular weight is 145 g/mol. The van der Waals surface area contributed by atoms with Gasteiger partial charge in [-0.1, -0.05) is 0 Å². The van der Waals surface area contributed by atoms with Crippen molar-refractivity contribution in [2.24, 2.45) is 0 Å². The van der Waals surface area contributed by atoms with E-state index in [9.17, 15) is 4.79 Å². The molecule has 0 aromatic carbocycles. The molecule has 0 aliphatic heterocycles. The molecule has 0 radical (unpaired) electrons. The average Bonchev–Trinajstić information content (AvgIpc) is 1.88. The number of alkyl halides is 1. The summed E-state index contributed by atoms with van der Waals surface area (Å²) in [5.74, 6) is 0.750. The molecule has 0 fully saturated rings. The fraction of sp³-hybridized carbons (Fsp3) is 0.167. The largest absolute Gasteiger partial charge is 0.468 e. The van der Waals surface area contributed by atoms with Crippen molar-refractivity contribution in [3.8, 4) is 0 Å². The van der Waals surface area contributed by atoms with Crippen molar-refractivity contribution in [3.63, 3.8) is 0 Å². The Labute approximate surface area is 57.1 Å². The summed E-state index contributed by atoms with van der Waals surface area (Å²) in [6, 6.07) is 2.71. The summed E-state index contributed by atoms with van der Waals surface area (Å²) in [5.41, 5.74) is -0.0723. The van der Waals surface area contributed by atoms with Crippen LogP contribution in [0.3, 0.4) is 0 Å². The Bertz CT molecular complexity index is 241. The molecule has 9 heavy (non-hydrogen) atoms. The van der Waals surface area contributed by atoms with Crippen molar-refractivity contribution in [3.05, 3.63) is 34.4 Å². The zero-order valence-corrected chi connectivity index (χ0v) is 5.39. The summed E-state index contributed by atoms with van der Waals surface area (Å²) in [4.78, 5) is 10.5. The Hall–Kier alpha value is -0.760. The molecule has 0 N–H and O–H groups in total. The molecule has 1 rings (SSSR count). The number of halogens is 1. The van der Waals surface area contributed by atoms with E-state index in [0.717, 1.165) is 0 Å². The van der Waals surface area contributed by atoms with E-state index in [0.29, 0.717) is 5.76 Å². The van der Waals surface area contributed by atoms with E-state index in [1.807, 2.05) is 0 Å². The third kappa shape index (κ3) is 1.57. The van der Waals surface area contributed by atoms with Gasteiger partial charge in [-0.05, 0) is 0 Å². The molecule has 0 saturated heterocycles. The third-order valence-corrected chi connectivity index (χ3v) is 1.15. The molecular formula is C6H5ClO2. The fourth-order valence-corrected chi connectivity index (χ4v) is 0.639. The minimum Gasteiger partial charge on any atom is -0.468 e. The molecule has 2 nitrogen and oxygen atoms in total. The lowest BCUT2D eigenvalue weighted by Crippen LogP contribution is -1.95. The van der Waals surface area contributed by atoms with E-state index in [-0.39, 0.29) is 11.3 Å². The van der Waals surface area contributed by atoms with Crippen LogP contribution in [-0.2, 0) is 5.88 Å².